The molecule has 3 aromatic rings. The molecule has 0 bridgehead atoms. The molecule has 0 spiro atoms. The van der Waals surface area contributed by atoms with Gasteiger partial charge in [0.15, 0.2) is 0 Å². The van der Waals surface area contributed by atoms with E-state index in [1.807, 2.05) is 0 Å². The average Bonchev–Trinajstić information content (AvgIpc) is 2.87. The number of carbonyl (C=O) groups is 4. The van der Waals surface area contributed by atoms with E-state index in [0.717, 1.165) is 0 Å². The Morgan fingerprint density at radius 2 is 1.40 bits per heavy atom. The van der Waals surface area contributed by atoms with E-state index in [2.05, 4.69) is 15.8 Å². The maximum Gasteiger partial charge on any atom is 0.347 e. The van der Waals surface area contributed by atoms with Gasteiger partial charge in [-0.05, 0) is 55.5 Å². The number of nitrogens with one attached hydrogen (secondary N) is 2. The van der Waals surface area contributed by atoms with Crippen LogP contribution >= 0.6 is 0 Å². The molecular weight excluding hydrogens is 452 g/mol. The van der Waals surface area contributed by atoms with Gasteiger partial charge in [-0.25, -0.2) is 10.2 Å². The molecule has 3 amide bonds. The number of esters is 1. The van der Waals surface area contributed by atoms with Gasteiger partial charge in [-0.1, -0.05) is 24.3 Å². The van der Waals surface area contributed by atoms with Crippen molar-refractivity contribution in [3.8, 4) is 11.5 Å². The summed E-state index contributed by atoms with van der Waals surface area (Å²) in [7, 11) is 1.45. The number of hydrogen-bond acceptors (Lipinski definition) is 7. The van der Waals surface area contributed by atoms with E-state index in [4.69, 9.17) is 15.2 Å². The van der Waals surface area contributed by atoms with Crippen LogP contribution in [0.5, 0.6) is 11.5 Å². The van der Waals surface area contributed by atoms with Gasteiger partial charge >= 0.3 is 17.8 Å². The second-order valence-electron chi connectivity index (χ2n) is 7.12. The number of amides is 3. The lowest BCUT2D eigenvalue weighted by atomic mass is 10.1. The van der Waals surface area contributed by atoms with Gasteiger partial charge in [0.05, 0.1) is 12.8 Å². The first-order valence-electron chi connectivity index (χ1n) is 10.3. The van der Waals surface area contributed by atoms with Crippen LogP contribution in [0.4, 0.5) is 5.69 Å². The Hall–Kier alpha value is -4.99. The van der Waals surface area contributed by atoms with Crippen molar-refractivity contribution in [1.29, 1.82) is 0 Å². The molecule has 0 aliphatic rings. The minimum atomic E-state index is -1.02. The lowest BCUT2D eigenvalue weighted by Crippen LogP contribution is -2.33. The number of primary amides is 1. The number of benzene rings is 3. The fourth-order valence-corrected chi connectivity index (χ4v) is 2.97. The zero-order valence-corrected chi connectivity index (χ0v) is 18.9. The van der Waals surface area contributed by atoms with Gasteiger partial charge in [-0.15, -0.1) is 0 Å². The third-order valence-electron chi connectivity index (χ3n) is 4.77. The van der Waals surface area contributed by atoms with Crippen molar-refractivity contribution in [2.75, 3.05) is 12.4 Å². The molecule has 0 fully saturated rings. The van der Waals surface area contributed by atoms with Gasteiger partial charge in [-0.3, -0.25) is 14.4 Å². The van der Waals surface area contributed by atoms with E-state index in [-0.39, 0.29) is 16.9 Å². The molecule has 4 N–H and O–H groups in total. The SMILES string of the molecule is COc1ccccc1C(=O)Oc1ccccc1/C(C)=N/NC(=O)C(=O)Nc1ccc(C(N)=O)cc1. The minimum absolute atomic E-state index is 0.206. The molecule has 0 aliphatic carbocycles. The van der Waals surface area contributed by atoms with Crippen molar-refractivity contribution in [2.24, 2.45) is 10.8 Å². The Kier molecular flexibility index (Phi) is 7.91. The first-order valence-corrected chi connectivity index (χ1v) is 10.3. The van der Waals surface area contributed by atoms with E-state index >= 15 is 0 Å². The number of nitrogens with two attached hydrogens (primary N) is 1. The number of hydrazone groups is 1. The highest BCUT2D eigenvalue weighted by atomic mass is 16.5. The van der Waals surface area contributed by atoms with Crippen LogP contribution in [0.25, 0.3) is 0 Å². The molecule has 0 aliphatic heterocycles. The van der Waals surface area contributed by atoms with Crippen molar-refractivity contribution in [3.63, 3.8) is 0 Å². The van der Waals surface area contributed by atoms with Crippen molar-refractivity contribution < 1.29 is 28.7 Å². The normalized spacial score (nSPS) is 10.7. The van der Waals surface area contributed by atoms with E-state index in [1.54, 1.807) is 55.5 Å². The number of rotatable bonds is 7. The highest BCUT2D eigenvalue weighted by Crippen LogP contribution is 2.23. The number of para-hydroxylation sites is 2. The molecule has 0 atom stereocenters. The van der Waals surface area contributed by atoms with Crippen LogP contribution in [0.3, 0.4) is 0 Å². The monoisotopic (exact) mass is 474 g/mol. The third kappa shape index (κ3) is 6.29. The summed E-state index contributed by atoms with van der Waals surface area (Å²) in [6.07, 6.45) is 0. The molecular formula is C25H22N4O6. The number of ether oxygens (including phenoxy) is 2. The number of hydrogen-bond donors (Lipinski definition) is 3. The molecule has 3 aromatic carbocycles. The number of anilines is 1. The molecule has 178 valence electrons. The van der Waals surface area contributed by atoms with Crippen LogP contribution in [0.15, 0.2) is 77.9 Å². The number of carbonyl (C=O) groups excluding carboxylic acids is 4. The standard InChI is InChI=1S/C25H22N4O6/c1-15(28-29-24(32)23(31)27-17-13-11-16(12-14-17)22(26)30)18-7-3-6-10-21(18)35-25(33)19-8-4-5-9-20(19)34-2/h3-14H,1-2H3,(H2,26,30)(H,27,31)(H,29,32)/b28-15+. The molecule has 0 saturated carbocycles. The summed E-state index contributed by atoms with van der Waals surface area (Å²) in [5.74, 6) is -2.66. The number of nitrogens with zero attached hydrogens (tertiary/aromatic N) is 1. The molecule has 0 unspecified atom stereocenters. The fourth-order valence-electron chi connectivity index (χ4n) is 2.97. The van der Waals surface area contributed by atoms with Gasteiger partial charge in [0.1, 0.15) is 17.1 Å². The lowest BCUT2D eigenvalue weighted by molar-refractivity contribution is -0.136. The quantitative estimate of drug-likeness (QED) is 0.157. The molecule has 0 heterocycles. The largest absolute Gasteiger partial charge is 0.496 e. The second-order valence-corrected chi connectivity index (χ2v) is 7.12. The first kappa shape index (κ1) is 24.6. The van der Waals surface area contributed by atoms with Crippen molar-refractivity contribution >= 4 is 35.1 Å². The van der Waals surface area contributed by atoms with Crippen LogP contribution in [0.1, 0.15) is 33.2 Å². The molecule has 0 saturated heterocycles. The summed E-state index contributed by atoms with van der Waals surface area (Å²) in [6, 6.07) is 19.0. The summed E-state index contributed by atoms with van der Waals surface area (Å²) in [6.45, 7) is 1.58. The molecule has 0 aromatic heterocycles. The Morgan fingerprint density at radius 1 is 0.800 bits per heavy atom. The van der Waals surface area contributed by atoms with E-state index in [0.29, 0.717) is 22.7 Å². The van der Waals surface area contributed by atoms with E-state index < -0.39 is 23.7 Å². The predicted octanol–water partition coefficient (Wildman–Crippen LogP) is 2.49. The summed E-state index contributed by atoms with van der Waals surface area (Å²) in [5, 5.41) is 6.33. The van der Waals surface area contributed by atoms with Crippen LogP contribution in [0, 0.1) is 0 Å². The second kappa shape index (κ2) is 11.2. The molecule has 10 nitrogen and oxygen atoms in total. The molecule has 0 radical (unpaired) electrons. The third-order valence-corrected chi connectivity index (χ3v) is 4.77. The Morgan fingerprint density at radius 3 is 2.03 bits per heavy atom. The van der Waals surface area contributed by atoms with Crippen molar-refractivity contribution in [2.45, 2.75) is 6.92 Å². The zero-order valence-electron chi connectivity index (χ0n) is 18.9. The van der Waals surface area contributed by atoms with Crippen LogP contribution in [-0.4, -0.2) is 36.5 Å². The lowest BCUT2D eigenvalue weighted by Gasteiger charge is -2.11. The average molecular weight is 474 g/mol. The topological polar surface area (TPSA) is 149 Å². The smallest absolute Gasteiger partial charge is 0.347 e. The van der Waals surface area contributed by atoms with Gasteiger partial charge in [0.25, 0.3) is 0 Å². The van der Waals surface area contributed by atoms with Gasteiger partial charge < -0.3 is 20.5 Å². The Bertz CT molecular complexity index is 1300. The Labute approximate surface area is 200 Å². The van der Waals surface area contributed by atoms with Gasteiger partial charge in [0.2, 0.25) is 5.91 Å². The summed E-state index contributed by atoms with van der Waals surface area (Å²) in [5.41, 5.74) is 8.86. The van der Waals surface area contributed by atoms with Gasteiger partial charge in [-0.2, -0.15) is 5.10 Å². The summed E-state index contributed by atoms with van der Waals surface area (Å²) in [4.78, 5) is 48.1. The van der Waals surface area contributed by atoms with Crippen molar-refractivity contribution in [3.05, 3.63) is 89.5 Å². The summed E-state index contributed by atoms with van der Waals surface area (Å²) < 4.78 is 10.7. The van der Waals surface area contributed by atoms with E-state index in [1.165, 1.54) is 31.4 Å². The fraction of sp³-hybridized carbons (Fsp3) is 0.0800. The summed E-state index contributed by atoms with van der Waals surface area (Å²) >= 11 is 0. The Balaban J connectivity index is 1.68. The first-order chi connectivity index (χ1) is 16.8. The predicted molar refractivity (Wildman–Crippen MR) is 128 cm³/mol. The number of methoxy groups -OCH3 is 1. The van der Waals surface area contributed by atoms with E-state index in [9.17, 15) is 19.2 Å². The van der Waals surface area contributed by atoms with Crippen molar-refractivity contribution in [1.82, 2.24) is 5.43 Å². The zero-order chi connectivity index (χ0) is 25.4. The molecule has 10 heteroatoms. The maximum absolute atomic E-state index is 12.7. The molecule has 3 rings (SSSR count). The highest BCUT2D eigenvalue weighted by molar-refractivity contribution is 6.39. The van der Waals surface area contributed by atoms with Crippen LogP contribution in [-0.2, 0) is 9.59 Å². The van der Waals surface area contributed by atoms with Crippen LogP contribution in [0.2, 0.25) is 0 Å². The van der Waals surface area contributed by atoms with Crippen LogP contribution < -0.4 is 25.9 Å². The van der Waals surface area contributed by atoms with Gasteiger partial charge in [0, 0.05) is 16.8 Å². The maximum atomic E-state index is 12.7. The minimum Gasteiger partial charge on any atom is -0.496 e. The molecule has 35 heavy (non-hydrogen) atoms. The highest BCUT2D eigenvalue weighted by Gasteiger charge is 2.18.